The van der Waals surface area contributed by atoms with Gasteiger partial charge in [-0.25, -0.2) is 0 Å². The molecule has 0 aromatic rings. The molecule has 0 atom stereocenters. The van der Waals surface area contributed by atoms with Crippen LogP contribution in [0.1, 0.15) is 41.5 Å². The van der Waals surface area contributed by atoms with Crippen LogP contribution in [0.5, 0.6) is 0 Å². The normalized spacial score (nSPS) is 33.0. The highest BCUT2D eigenvalue weighted by Gasteiger charge is 2.63. The first-order valence-corrected chi connectivity index (χ1v) is 4.39. The molecule has 0 radical (unpaired) electrons. The SMILES string of the molecule is CN1C(C)(C)C(C)(C)C1(C)C. The molecule has 1 aliphatic heterocycles. The fourth-order valence-corrected chi connectivity index (χ4v) is 2.23. The molecule has 0 aliphatic carbocycles. The summed E-state index contributed by atoms with van der Waals surface area (Å²) in [5.74, 6) is 0. The summed E-state index contributed by atoms with van der Waals surface area (Å²) in [6.45, 7) is 14.0. The van der Waals surface area contributed by atoms with Gasteiger partial charge in [0, 0.05) is 16.5 Å². The summed E-state index contributed by atoms with van der Waals surface area (Å²) in [7, 11) is 2.21. The second-order valence-corrected chi connectivity index (χ2v) is 5.30. The van der Waals surface area contributed by atoms with Gasteiger partial charge in [-0.3, -0.25) is 4.90 Å². The Morgan fingerprint density at radius 3 is 1.09 bits per heavy atom. The van der Waals surface area contributed by atoms with Crippen molar-refractivity contribution in [3.8, 4) is 0 Å². The molecule has 1 fully saturated rings. The van der Waals surface area contributed by atoms with Crippen LogP contribution >= 0.6 is 0 Å². The van der Waals surface area contributed by atoms with Crippen molar-refractivity contribution < 1.29 is 0 Å². The smallest absolute Gasteiger partial charge is 0.0224 e. The molecule has 0 aromatic carbocycles. The Morgan fingerprint density at radius 2 is 1.00 bits per heavy atom. The third kappa shape index (κ3) is 0.703. The highest BCUT2D eigenvalue weighted by Crippen LogP contribution is 2.57. The fourth-order valence-electron chi connectivity index (χ4n) is 2.23. The molecule has 1 aliphatic rings. The largest absolute Gasteiger partial charge is 0.295 e. The lowest BCUT2D eigenvalue weighted by atomic mass is 9.53. The Kier molecular flexibility index (Phi) is 1.50. The van der Waals surface area contributed by atoms with E-state index in [0.717, 1.165) is 0 Å². The van der Waals surface area contributed by atoms with Gasteiger partial charge in [-0.2, -0.15) is 0 Å². The van der Waals surface area contributed by atoms with E-state index < -0.39 is 0 Å². The second-order valence-electron chi connectivity index (χ2n) is 5.30. The van der Waals surface area contributed by atoms with Gasteiger partial charge in [-0.15, -0.1) is 0 Å². The average molecular weight is 155 g/mol. The average Bonchev–Trinajstić information content (AvgIpc) is 1.84. The van der Waals surface area contributed by atoms with Gasteiger partial charge in [-0.1, -0.05) is 13.8 Å². The van der Waals surface area contributed by atoms with Crippen molar-refractivity contribution in [2.75, 3.05) is 7.05 Å². The van der Waals surface area contributed by atoms with Gasteiger partial charge in [0.15, 0.2) is 0 Å². The zero-order valence-electron chi connectivity index (χ0n) is 8.95. The quantitative estimate of drug-likeness (QED) is 0.519. The first kappa shape index (κ1) is 9.05. The Balaban J connectivity index is 2.98. The summed E-state index contributed by atoms with van der Waals surface area (Å²) in [4.78, 5) is 2.46. The third-order valence-electron chi connectivity index (χ3n) is 4.74. The number of hydrogen-bond acceptors (Lipinski definition) is 1. The van der Waals surface area contributed by atoms with Crippen LogP contribution in [0.15, 0.2) is 0 Å². The van der Waals surface area contributed by atoms with Gasteiger partial charge in [0.05, 0.1) is 0 Å². The summed E-state index contributed by atoms with van der Waals surface area (Å²) in [5.41, 5.74) is 1.10. The summed E-state index contributed by atoms with van der Waals surface area (Å²) in [6, 6.07) is 0. The Morgan fingerprint density at radius 1 is 0.727 bits per heavy atom. The summed E-state index contributed by atoms with van der Waals surface area (Å²) in [5, 5.41) is 0. The lowest BCUT2D eigenvalue weighted by Gasteiger charge is -2.72. The molecule has 0 N–H and O–H groups in total. The van der Waals surface area contributed by atoms with Crippen LogP contribution < -0.4 is 0 Å². The first-order chi connectivity index (χ1) is 4.65. The van der Waals surface area contributed by atoms with Crippen molar-refractivity contribution in [3.63, 3.8) is 0 Å². The number of nitrogens with zero attached hydrogens (tertiary/aromatic N) is 1. The molecule has 0 aromatic heterocycles. The van der Waals surface area contributed by atoms with Crippen LogP contribution in [0, 0.1) is 5.41 Å². The van der Waals surface area contributed by atoms with E-state index in [1.807, 2.05) is 0 Å². The summed E-state index contributed by atoms with van der Waals surface area (Å²) in [6.07, 6.45) is 0. The highest BCUT2D eigenvalue weighted by atomic mass is 15.3. The monoisotopic (exact) mass is 155 g/mol. The third-order valence-corrected chi connectivity index (χ3v) is 4.74. The summed E-state index contributed by atoms with van der Waals surface area (Å²) < 4.78 is 0. The minimum atomic E-state index is 0.344. The van der Waals surface area contributed by atoms with Crippen LogP contribution in [-0.4, -0.2) is 23.0 Å². The number of likely N-dealkylation sites (tertiary alicyclic amines) is 1. The molecule has 1 saturated heterocycles. The predicted molar refractivity (Wildman–Crippen MR) is 49.7 cm³/mol. The van der Waals surface area contributed by atoms with Gasteiger partial charge < -0.3 is 0 Å². The fraction of sp³-hybridized carbons (Fsp3) is 1.00. The minimum absolute atomic E-state index is 0.344. The maximum Gasteiger partial charge on any atom is 0.0224 e. The van der Waals surface area contributed by atoms with Gasteiger partial charge in [0.2, 0.25) is 0 Å². The molecule has 1 heteroatoms. The van der Waals surface area contributed by atoms with Crippen LogP contribution in [-0.2, 0) is 0 Å². The lowest BCUT2D eigenvalue weighted by Crippen LogP contribution is -2.79. The van der Waals surface area contributed by atoms with Crippen LogP contribution in [0.3, 0.4) is 0 Å². The van der Waals surface area contributed by atoms with E-state index in [1.54, 1.807) is 0 Å². The topological polar surface area (TPSA) is 3.24 Å². The predicted octanol–water partition coefficient (Wildman–Crippen LogP) is 2.52. The van der Waals surface area contributed by atoms with E-state index in [2.05, 4.69) is 53.5 Å². The summed E-state index contributed by atoms with van der Waals surface area (Å²) >= 11 is 0. The highest BCUT2D eigenvalue weighted by molar-refractivity contribution is 5.18. The van der Waals surface area contributed by atoms with Crippen molar-refractivity contribution in [1.82, 2.24) is 4.90 Å². The van der Waals surface area contributed by atoms with E-state index >= 15 is 0 Å². The van der Waals surface area contributed by atoms with Gasteiger partial charge in [0.1, 0.15) is 0 Å². The first-order valence-electron chi connectivity index (χ1n) is 4.39. The maximum atomic E-state index is 2.46. The number of rotatable bonds is 0. The Labute approximate surface area is 70.8 Å². The Hall–Kier alpha value is -0.0400. The maximum absolute atomic E-state index is 2.46. The van der Waals surface area contributed by atoms with Crippen molar-refractivity contribution in [1.29, 1.82) is 0 Å². The standard InChI is InChI=1S/C10H21N/c1-8(2)9(3,4)11(7)10(8,5)6/h1-7H3. The van der Waals surface area contributed by atoms with Crippen molar-refractivity contribution in [3.05, 3.63) is 0 Å². The molecule has 1 nitrogen and oxygen atoms in total. The van der Waals surface area contributed by atoms with Crippen LogP contribution in [0.25, 0.3) is 0 Å². The molecule has 0 unspecified atom stereocenters. The zero-order chi connectivity index (χ0) is 9.08. The zero-order valence-corrected chi connectivity index (χ0v) is 8.95. The molecule has 0 bridgehead atoms. The molecule has 66 valence electrons. The molecule has 11 heavy (non-hydrogen) atoms. The molecular weight excluding hydrogens is 134 g/mol. The molecule has 0 saturated carbocycles. The minimum Gasteiger partial charge on any atom is -0.295 e. The van der Waals surface area contributed by atoms with Crippen LogP contribution in [0.4, 0.5) is 0 Å². The van der Waals surface area contributed by atoms with E-state index in [-0.39, 0.29) is 0 Å². The van der Waals surface area contributed by atoms with E-state index in [0.29, 0.717) is 16.5 Å². The van der Waals surface area contributed by atoms with Crippen LogP contribution in [0.2, 0.25) is 0 Å². The van der Waals surface area contributed by atoms with Gasteiger partial charge >= 0.3 is 0 Å². The lowest BCUT2D eigenvalue weighted by molar-refractivity contribution is -0.214. The number of hydrogen-bond donors (Lipinski definition) is 0. The van der Waals surface area contributed by atoms with E-state index in [4.69, 9.17) is 0 Å². The molecule has 0 spiro atoms. The van der Waals surface area contributed by atoms with Gasteiger partial charge in [-0.05, 0) is 34.7 Å². The Bertz CT molecular complexity index is 159. The molecular formula is C10H21N. The van der Waals surface area contributed by atoms with E-state index in [1.165, 1.54) is 0 Å². The van der Waals surface area contributed by atoms with Crippen molar-refractivity contribution >= 4 is 0 Å². The van der Waals surface area contributed by atoms with Gasteiger partial charge in [0.25, 0.3) is 0 Å². The molecule has 1 heterocycles. The molecule has 0 amide bonds. The molecule has 1 rings (SSSR count). The van der Waals surface area contributed by atoms with Crippen molar-refractivity contribution in [2.45, 2.75) is 52.6 Å². The van der Waals surface area contributed by atoms with E-state index in [9.17, 15) is 0 Å². The van der Waals surface area contributed by atoms with Crippen molar-refractivity contribution in [2.24, 2.45) is 5.41 Å². The second kappa shape index (κ2) is 1.82.